The van der Waals surface area contributed by atoms with Gasteiger partial charge in [-0.25, -0.2) is 4.79 Å². The average molecular weight is 247 g/mol. The first kappa shape index (κ1) is 12.9. The van der Waals surface area contributed by atoms with Crippen LogP contribution in [-0.2, 0) is 0 Å². The van der Waals surface area contributed by atoms with Crippen LogP contribution < -0.4 is 4.90 Å². The van der Waals surface area contributed by atoms with Gasteiger partial charge in [-0.3, -0.25) is 0 Å². The highest BCUT2D eigenvalue weighted by molar-refractivity contribution is 5.88. The second kappa shape index (κ2) is 4.30. The van der Waals surface area contributed by atoms with Crippen molar-refractivity contribution in [2.45, 2.75) is 45.6 Å². The summed E-state index contributed by atoms with van der Waals surface area (Å²) in [6.45, 7) is 9.77. The number of nitrogens with zero attached hydrogens (tertiary/aromatic N) is 1. The molecule has 0 radical (unpaired) electrons. The number of anilines is 1. The lowest BCUT2D eigenvalue weighted by Gasteiger charge is -2.47. The molecule has 0 aliphatic carbocycles. The number of hydrogen-bond acceptors (Lipinski definition) is 2. The highest BCUT2D eigenvalue weighted by Crippen LogP contribution is 2.43. The second-order valence-electron chi connectivity index (χ2n) is 5.74. The molecule has 2 rings (SSSR count). The molecule has 98 valence electrons. The molecular weight excluding hydrogens is 226 g/mol. The van der Waals surface area contributed by atoms with Gasteiger partial charge in [0.2, 0.25) is 0 Å². The largest absolute Gasteiger partial charge is 0.478 e. The van der Waals surface area contributed by atoms with Gasteiger partial charge >= 0.3 is 5.97 Å². The first-order chi connectivity index (χ1) is 8.36. The molecular formula is C15H21NO2. The van der Waals surface area contributed by atoms with Gasteiger partial charge in [0.05, 0.1) is 5.56 Å². The predicted molar refractivity (Wildman–Crippen MR) is 73.5 cm³/mol. The van der Waals surface area contributed by atoms with Crippen molar-refractivity contribution in [1.82, 2.24) is 0 Å². The fraction of sp³-hybridized carbons (Fsp3) is 0.533. The quantitative estimate of drug-likeness (QED) is 0.869. The molecule has 1 aromatic rings. The van der Waals surface area contributed by atoms with Crippen LogP contribution in [0.25, 0.3) is 0 Å². The Kier molecular flexibility index (Phi) is 3.09. The van der Waals surface area contributed by atoms with Crippen molar-refractivity contribution in [1.29, 1.82) is 0 Å². The van der Waals surface area contributed by atoms with E-state index in [1.54, 1.807) is 6.07 Å². The van der Waals surface area contributed by atoms with Gasteiger partial charge in [-0.2, -0.15) is 0 Å². The average Bonchev–Trinajstić information content (AvgIpc) is 2.27. The van der Waals surface area contributed by atoms with E-state index in [1.807, 2.05) is 12.1 Å². The molecule has 0 fully saturated rings. The first-order valence-electron chi connectivity index (χ1n) is 6.51. The van der Waals surface area contributed by atoms with Crippen molar-refractivity contribution >= 4 is 11.7 Å². The van der Waals surface area contributed by atoms with Crippen LogP contribution in [0, 0.1) is 0 Å². The Hall–Kier alpha value is -1.51. The molecule has 18 heavy (non-hydrogen) atoms. The molecule has 1 aromatic carbocycles. The number of aromatic carboxylic acids is 1. The number of carboxylic acid groups (broad SMARTS) is 1. The van der Waals surface area contributed by atoms with Crippen LogP contribution in [0.2, 0.25) is 0 Å². The third-order valence-corrected chi connectivity index (χ3v) is 3.95. The molecule has 1 heterocycles. The van der Waals surface area contributed by atoms with Crippen LogP contribution in [0.1, 0.15) is 56.0 Å². The van der Waals surface area contributed by atoms with Crippen LogP contribution in [0.5, 0.6) is 0 Å². The number of carboxylic acids is 1. The summed E-state index contributed by atoms with van der Waals surface area (Å²) in [6, 6.07) is 5.50. The van der Waals surface area contributed by atoms with Crippen molar-refractivity contribution < 1.29 is 9.90 Å². The molecule has 1 atom stereocenters. The van der Waals surface area contributed by atoms with Crippen molar-refractivity contribution in [3.8, 4) is 0 Å². The van der Waals surface area contributed by atoms with Crippen LogP contribution >= 0.6 is 0 Å². The van der Waals surface area contributed by atoms with Crippen molar-refractivity contribution in [2.75, 3.05) is 11.4 Å². The Bertz CT molecular complexity index is 479. The summed E-state index contributed by atoms with van der Waals surface area (Å²) >= 11 is 0. The molecule has 3 heteroatoms. The monoisotopic (exact) mass is 247 g/mol. The summed E-state index contributed by atoms with van der Waals surface area (Å²) in [5, 5.41) is 9.08. The Morgan fingerprint density at radius 3 is 2.72 bits per heavy atom. The molecule has 1 aliphatic heterocycles. The minimum Gasteiger partial charge on any atom is -0.478 e. The Labute approximate surface area is 108 Å². The molecule has 1 unspecified atom stereocenters. The molecule has 0 aromatic heterocycles. The summed E-state index contributed by atoms with van der Waals surface area (Å²) in [5.41, 5.74) is 2.87. The van der Waals surface area contributed by atoms with Gasteiger partial charge < -0.3 is 10.0 Å². The van der Waals surface area contributed by atoms with Crippen LogP contribution in [0.3, 0.4) is 0 Å². The number of benzene rings is 1. The Morgan fingerprint density at radius 2 is 2.17 bits per heavy atom. The second-order valence-corrected chi connectivity index (χ2v) is 5.74. The molecule has 0 spiro atoms. The lowest BCUT2D eigenvalue weighted by atomic mass is 9.79. The van der Waals surface area contributed by atoms with Crippen LogP contribution in [0.15, 0.2) is 18.2 Å². The van der Waals surface area contributed by atoms with Gasteiger partial charge in [0.1, 0.15) is 0 Å². The summed E-state index contributed by atoms with van der Waals surface area (Å²) in [7, 11) is 0. The molecule has 1 aliphatic rings. The zero-order valence-electron chi connectivity index (χ0n) is 11.5. The van der Waals surface area contributed by atoms with Crippen molar-refractivity contribution in [3.63, 3.8) is 0 Å². The third-order valence-electron chi connectivity index (χ3n) is 3.95. The summed E-state index contributed by atoms with van der Waals surface area (Å²) in [4.78, 5) is 13.4. The number of hydrogen-bond donors (Lipinski definition) is 1. The van der Waals surface area contributed by atoms with E-state index in [2.05, 4.69) is 32.6 Å². The van der Waals surface area contributed by atoms with Gasteiger partial charge in [-0.1, -0.05) is 6.92 Å². The topological polar surface area (TPSA) is 40.5 Å². The minimum atomic E-state index is -0.849. The molecule has 3 nitrogen and oxygen atoms in total. The molecule has 0 amide bonds. The maximum absolute atomic E-state index is 11.1. The summed E-state index contributed by atoms with van der Waals surface area (Å²) in [6.07, 6.45) is 1.05. The normalized spacial score (nSPS) is 21.6. The zero-order chi connectivity index (χ0) is 13.5. The van der Waals surface area contributed by atoms with E-state index in [0.717, 1.165) is 18.5 Å². The lowest BCUT2D eigenvalue weighted by molar-refractivity contribution is 0.0696. The minimum absolute atomic E-state index is 0.131. The zero-order valence-corrected chi connectivity index (χ0v) is 11.5. The summed E-state index contributed by atoms with van der Waals surface area (Å²) < 4.78 is 0. The lowest BCUT2D eigenvalue weighted by Crippen LogP contribution is -2.48. The SMILES string of the molecule is CCN1c2ccc(C(=O)O)cc2C(C)CC1(C)C. The van der Waals surface area contributed by atoms with E-state index >= 15 is 0 Å². The van der Waals surface area contributed by atoms with E-state index in [9.17, 15) is 4.79 Å². The van der Waals surface area contributed by atoms with Crippen LogP contribution in [0.4, 0.5) is 5.69 Å². The molecule has 0 bridgehead atoms. The standard InChI is InChI=1S/C15H21NO2/c1-5-16-13-7-6-11(14(17)18)8-12(13)10(2)9-15(16,3)4/h6-8,10H,5,9H2,1-4H3,(H,17,18). The van der Waals surface area contributed by atoms with Crippen LogP contribution in [-0.4, -0.2) is 23.2 Å². The van der Waals surface area contributed by atoms with Crippen molar-refractivity contribution in [2.24, 2.45) is 0 Å². The number of carbonyl (C=O) groups is 1. The first-order valence-corrected chi connectivity index (χ1v) is 6.51. The highest BCUT2D eigenvalue weighted by atomic mass is 16.4. The summed E-state index contributed by atoms with van der Waals surface area (Å²) in [5.74, 6) is -0.449. The van der Waals surface area contributed by atoms with E-state index in [4.69, 9.17) is 5.11 Å². The fourth-order valence-corrected chi connectivity index (χ4v) is 3.22. The fourth-order valence-electron chi connectivity index (χ4n) is 3.22. The van der Waals surface area contributed by atoms with Gasteiger partial charge in [-0.05, 0) is 56.9 Å². The number of rotatable bonds is 2. The van der Waals surface area contributed by atoms with Gasteiger partial charge in [0.15, 0.2) is 0 Å². The Balaban J connectivity index is 2.54. The molecule has 0 saturated heterocycles. The van der Waals surface area contributed by atoms with Gasteiger partial charge in [0.25, 0.3) is 0 Å². The highest BCUT2D eigenvalue weighted by Gasteiger charge is 2.35. The molecule has 1 N–H and O–H groups in total. The maximum atomic E-state index is 11.1. The van der Waals surface area contributed by atoms with Crippen molar-refractivity contribution in [3.05, 3.63) is 29.3 Å². The van der Waals surface area contributed by atoms with E-state index < -0.39 is 5.97 Å². The van der Waals surface area contributed by atoms with E-state index in [-0.39, 0.29) is 5.54 Å². The number of fused-ring (bicyclic) bond motifs is 1. The van der Waals surface area contributed by atoms with Gasteiger partial charge in [-0.15, -0.1) is 0 Å². The molecule has 0 saturated carbocycles. The maximum Gasteiger partial charge on any atom is 0.335 e. The van der Waals surface area contributed by atoms with Gasteiger partial charge in [0, 0.05) is 17.8 Å². The smallest absolute Gasteiger partial charge is 0.335 e. The Morgan fingerprint density at radius 1 is 1.50 bits per heavy atom. The third kappa shape index (κ3) is 1.98. The van der Waals surface area contributed by atoms with E-state index in [1.165, 1.54) is 5.69 Å². The van der Waals surface area contributed by atoms with E-state index in [0.29, 0.717) is 11.5 Å². The predicted octanol–water partition coefficient (Wildman–Crippen LogP) is 3.50.